The van der Waals surface area contributed by atoms with E-state index in [1.165, 1.54) is 0 Å². The summed E-state index contributed by atoms with van der Waals surface area (Å²) >= 11 is 6.30. The van der Waals surface area contributed by atoms with Crippen LogP contribution in [0.15, 0.2) is 10.3 Å². The summed E-state index contributed by atoms with van der Waals surface area (Å²) in [5, 5.41) is 33.3. The van der Waals surface area contributed by atoms with Crippen molar-refractivity contribution in [2.24, 2.45) is 39.9 Å². The van der Waals surface area contributed by atoms with Crippen molar-refractivity contribution < 1.29 is 102 Å². The fourth-order valence-electron chi connectivity index (χ4n) is 14.3. The van der Waals surface area contributed by atoms with E-state index in [9.17, 15) is 34.0 Å². The van der Waals surface area contributed by atoms with Crippen LogP contribution in [0.25, 0.3) is 0 Å². The second-order valence-electron chi connectivity index (χ2n) is 28.8. The Morgan fingerprint density at radius 2 is 0.736 bits per heavy atom. The summed E-state index contributed by atoms with van der Waals surface area (Å²) in [6, 6.07) is 4.23. The number of carboxylic acid groups (broad SMARTS) is 1. The monoisotopic (exact) mass is 1550 g/mol. The van der Waals surface area contributed by atoms with E-state index >= 15 is 0 Å². The number of rotatable bonds is 19. The summed E-state index contributed by atoms with van der Waals surface area (Å²) in [4.78, 5) is 108. The number of likely N-dealkylation sites (tertiary alicyclic amines) is 8. The summed E-state index contributed by atoms with van der Waals surface area (Å²) in [5.74, 6) is 4.37. The van der Waals surface area contributed by atoms with E-state index in [4.69, 9.17) is 62.0 Å². The van der Waals surface area contributed by atoms with Crippen molar-refractivity contribution in [3.05, 3.63) is 6.57 Å². The third-order valence-electron chi connectivity index (χ3n) is 20.0. The number of oxime groups is 2. The van der Waals surface area contributed by atoms with Gasteiger partial charge in [0.05, 0.1) is 44.6 Å². The number of hydroxylamine groups is 1. The summed E-state index contributed by atoms with van der Waals surface area (Å²) < 4.78 is 20.4. The molecule has 8 rings (SSSR count). The predicted octanol–water partition coefficient (Wildman–Crippen LogP) is 8.47. The van der Waals surface area contributed by atoms with Crippen LogP contribution in [0.5, 0.6) is 0 Å². The minimum Gasteiger partial charge on any atom is -0.512 e. The molecule has 0 bridgehead atoms. The molecule has 0 aromatic rings. The number of carbonyl (C=O) groups is 6. The Kier molecular flexibility index (Phi) is 53.7. The predicted molar refractivity (Wildman–Crippen MR) is 406 cm³/mol. The molecular weight excluding hydrogens is 1420 g/mol. The molecule has 8 aliphatic rings. The molecule has 29 nitrogen and oxygen atoms in total. The molecule has 604 valence electrons. The minimum absolute atomic E-state index is 0. The molecule has 106 heavy (non-hydrogen) atoms. The van der Waals surface area contributed by atoms with Gasteiger partial charge in [0.25, 0.3) is 0 Å². The van der Waals surface area contributed by atoms with Crippen LogP contribution in [0.1, 0.15) is 212 Å². The number of aliphatic carboxylic acids is 1. The summed E-state index contributed by atoms with van der Waals surface area (Å²) in [5.41, 5.74) is 3.09. The van der Waals surface area contributed by atoms with Gasteiger partial charge >= 0.3 is 59.9 Å². The van der Waals surface area contributed by atoms with Crippen LogP contribution in [0.2, 0.25) is 0 Å². The number of carboxylic acids is 1. The normalized spacial score (nSPS) is 22.5. The maximum Gasteiger partial charge on any atom is 1.00 e. The molecule has 8 fully saturated rings. The Morgan fingerprint density at radius 1 is 0.453 bits per heavy atom. The Hall–Kier alpha value is -4.76. The van der Waals surface area contributed by atoms with Crippen LogP contribution in [-0.4, -0.2) is 271 Å². The maximum absolute atomic E-state index is 12.1. The molecule has 8 heterocycles. The van der Waals surface area contributed by atoms with E-state index in [0.29, 0.717) is 67.4 Å². The van der Waals surface area contributed by atoms with Gasteiger partial charge in [-0.1, -0.05) is 21.9 Å². The van der Waals surface area contributed by atoms with Gasteiger partial charge in [-0.3, -0.25) is 14.4 Å². The minimum atomic E-state index is -0.663. The molecule has 0 aromatic heterocycles. The van der Waals surface area contributed by atoms with Gasteiger partial charge in [0.1, 0.15) is 23.4 Å². The number of nitriles is 1. The number of amides is 5. The molecule has 0 aliphatic carbocycles. The van der Waals surface area contributed by atoms with Gasteiger partial charge in [-0.2, -0.15) is 5.26 Å². The average molecular weight is 1550 g/mol. The Bertz CT molecular complexity index is 2570. The van der Waals surface area contributed by atoms with Crippen LogP contribution in [-0.2, 0) is 47.9 Å². The zero-order valence-corrected chi connectivity index (χ0v) is 70.2. The van der Waals surface area contributed by atoms with Gasteiger partial charge in [-0.05, 0) is 264 Å². The van der Waals surface area contributed by atoms with E-state index in [1.54, 1.807) is 4.90 Å². The molecule has 4 unspecified atom stereocenters. The molecule has 0 aromatic carbocycles. The second-order valence-corrected chi connectivity index (χ2v) is 29.2. The smallest absolute Gasteiger partial charge is 0.512 e. The van der Waals surface area contributed by atoms with Crippen molar-refractivity contribution in [3.63, 3.8) is 0 Å². The van der Waals surface area contributed by atoms with Crippen LogP contribution in [0, 0.1) is 46.8 Å². The average Bonchev–Trinajstić information content (AvgIpc) is 1.35. The van der Waals surface area contributed by atoms with E-state index in [2.05, 4.69) is 52.2 Å². The van der Waals surface area contributed by atoms with Crippen molar-refractivity contribution in [3.8, 4) is 6.07 Å². The third-order valence-corrected chi connectivity index (χ3v) is 20.4. The van der Waals surface area contributed by atoms with E-state index in [1.807, 2.05) is 97.8 Å². The summed E-state index contributed by atoms with van der Waals surface area (Å²) in [6.45, 7) is 42.8. The van der Waals surface area contributed by atoms with Gasteiger partial charge < -0.3 is 89.6 Å². The molecular formula is C74H133Cl2N14NaO15. The molecule has 8 aliphatic heterocycles. The van der Waals surface area contributed by atoms with Gasteiger partial charge in [0.2, 0.25) is 5.91 Å². The number of nitrogens with two attached hydrogens (primary N) is 1. The number of hydrogen-bond donors (Lipinski definition) is 3. The molecule has 5 amide bonds. The Morgan fingerprint density at radius 3 is 1.00 bits per heavy atom. The standard InChI is InChI=1S/C19H32N4O3.C18H32ClN3O3.C18H33N3O4.C15H26N2O4.C3H9NO.CN.ClH.Na/c1-4-25-19(24)23-10-5-6-17(9-13-23)22-11-7-16(8-12-22)18(14-20)21-26-15(2)3;1-4-24-18(23)22-10-5-6-16(9-13-22)21-11-7-15(8-12-21)17(19)20-25-14(2)3;1-4-24-18(23)21-10-5-6-16(9-13-21)20-11-7-15(8-12-20)17(22)19-25-14(2)3;1-2-21-15(20)17-8-3-4-13(7-11-17)16-9-5-12(6-10-16)14(18)19;1-3(2)5-4;1-2;;/h15-17H,4-13H2,1-3H3;14-16H,4-13H2,1-3H3;14-16H,4-13H2,1-3H3,(H,19,22);12-13H,2-11H2,1H3,(H,18,19);3H,4H2,1-2H3;;1H;/q;;;;;-1;;+1. The first-order valence-electron chi connectivity index (χ1n) is 38.9. The van der Waals surface area contributed by atoms with Crippen LogP contribution in [0.3, 0.4) is 0 Å². The van der Waals surface area contributed by atoms with Crippen molar-refractivity contribution in [1.82, 2.24) is 44.7 Å². The Balaban J connectivity index is 0.000000682. The van der Waals surface area contributed by atoms with Crippen LogP contribution < -0.4 is 40.9 Å². The largest absolute Gasteiger partial charge is 1.00 e. The number of nitrogens with zero attached hydrogens (tertiary/aromatic N) is 12. The number of halogens is 2. The van der Waals surface area contributed by atoms with E-state index < -0.39 is 5.97 Å². The second kappa shape index (κ2) is 57.3. The molecule has 8 saturated heterocycles. The first-order valence-corrected chi connectivity index (χ1v) is 39.2. The van der Waals surface area contributed by atoms with Crippen molar-refractivity contribution >= 4 is 71.1 Å². The number of carbonyl (C=O) groups excluding carboxylic acids is 5. The first-order chi connectivity index (χ1) is 49.9. The number of hydrogen-bond acceptors (Lipinski definition) is 23. The van der Waals surface area contributed by atoms with Gasteiger partial charge in [0.15, 0.2) is 5.71 Å². The van der Waals surface area contributed by atoms with Crippen molar-refractivity contribution in [1.29, 1.82) is 10.5 Å². The van der Waals surface area contributed by atoms with Gasteiger partial charge in [-0.25, -0.2) is 30.6 Å². The zero-order valence-electron chi connectivity index (χ0n) is 66.6. The molecule has 0 spiro atoms. The number of piperidine rings is 4. The third kappa shape index (κ3) is 38.2. The zero-order chi connectivity index (χ0) is 76.9. The Labute approximate surface area is 667 Å². The number of ether oxygens (including phenoxy) is 4. The molecule has 0 radical (unpaired) electrons. The maximum atomic E-state index is 12.1. The van der Waals surface area contributed by atoms with Gasteiger partial charge in [-0.15, -0.1) is 12.4 Å². The van der Waals surface area contributed by atoms with Crippen LogP contribution in [0.4, 0.5) is 19.2 Å². The molecule has 0 saturated carbocycles. The van der Waals surface area contributed by atoms with E-state index in [0.717, 1.165) is 233 Å². The van der Waals surface area contributed by atoms with E-state index in [-0.39, 0.29) is 114 Å². The molecule has 4 N–H and O–H groups in total. The fourth-order valence-corrected chi connectivity index (χ4v) is 14.5. The summed E-state index contributed by atoms with van der Waals surface area (Å²) in [6.07, 6.45) is 19.0. The van der Waals surface area contributed by atoms with Crippen molar-refractivity contribution in [2.45, 2.75) is 260 Å². The van der Waals surface area contributed by atoms with Crippen LogP contribution >= 0.6 is 24.0 Å². The summed E-state index contributed by atoms with van der Waals surface area (Å²) in [7, 11) is 0. The fraction of sp³-hybridized carbons (Fsp3) is 0.865. The molecule has 32 heteroatoms. The quantitative estimate of drug-likeness (QED) is 0.0359. The molecule has 4 atom stereocenters. The SMILES string of the molecule is CC(C)ON.CCOC(=O)N1CCCC(N2CCC(C(=O)NOC(C)C)CC2)CC1.CCOC(=O)N1CCCC(N2CCC(C(=O)O)CC2)CC1.CCOC(=O)N1CCCC(N2CCC(C(C#N)=NOC(C)C)CC2)CC1.CCOC(=O)N1CCCC(N2CCC(C(Cl)=NOC(C)C)CC2)CC1.Cl.[C-]#N.[Na+]. The first kappa shape index (κ1) is 99.2. The number of nitrogens with one attached hydrogen (secondary N) is 1. The van der Waals surface area contributed by atoms with Gasteiger partial charge in [0, 0.05) is 94.3 Å². The topological polar surface area (TPSA) is 333 Å². The van der Waals surface area contributed by atoms with Crippen molar-refractivity contribution in [2.75, 3.05) is 131 Å².